The van der Waals surface area contributed by atoms with Gasteiger partial charge < -0.3 is 13.3 Å². The number of hydrogen-bond acceptors (Lipinski definition) is 3. The van der Waals surface area contributed by atoms with Gasteiger partial charge in [0.1, 0.15) is 0 Å². The molecule has 28 heavy (non-hydrogen) atoms. The monoisotopic (exact) mass is 446 g/mol. The van der Waals surface area contributed by atoms with E-state index < -0.39 is 45.2 Å². The lowest BCUT2D eigenvalue weighted by Gasteiger charge is -2.35. The van der Waals surface area contributed by atoms with Crippen LogP contribution in [0, 0.1) is 0 Å². The van der Waals surface area contributed by atoms with Crippen molar-refractivity contribution in [2.75, 3.05) is 0 Å². The number of alkyl halides is 9. The van der Waals surface area contributed by atoms with Gasteiger partial charge in [-0.3, -0.25) is 0 Å². The van der Waals surface area contributed by atoms with E-state index in [1.165, 1.54) is 20.8 Å². The molecule has 0 aliphatic rings. The molecule has 0 atom stereocenters. The third kappa shape index (κ3) is 5.85. The minimum Gasteiger partial charge on any atom is -0.488 e. The van der Waals surface area contributed by atoms with Crippen molar-refractivity contribution in [1.29, 1.82) is 0 Å². The fourth-order valence-corrected chi connectivity index (χ4v) is 4.53. The fourth-order valence-electron chi connectivity index (χ4n) is 1.89. The molecule has 0 spiro atoms. The van der Waals surface area contributed by atoms with Crippen molar-refractivity contribution >= 4 is 8.80 Å². The fraction of sp³-hybridized carbons (Fsp3) is 0.600. The summed E-state index contributed by atoms with van der Waals surface area (Å²) in [6.45, 7) is 13.6. The Morgan fingerprint density at radius 3 is 1.25 bits per heavy atom. The smallest absolute Gasteiger partial charge is 0.488 e. The van der Waals surface area contributed by atoms with E-state index in [9.17, 15) is 39.5 Å². The van der Waals surface area contributed by atoms with Crippen LogP contribution in [-0.2, 0) is 13.3 Å². The summed E-state index contributed by atoms with van der Waals surface area (Å²) in [5.74, 6) is -20.0. The van der Waals surface area contributed by atoms with Gasteiger partial charge in [0.25, 0.3) is 0 Å². The van der Waals surface area contributed by atoms with Gasteiger partial charge in [0.2, 0.25) is 0 Å². The van der Waals surface area contributed by atoms with Gasteiger partial charge in [0.15, 0.2) is 0 Å². The predicted octanol–water partition coefficient (Wildman–Crippen LogP) is 6.43. The Balaban J connectivity index is 5.93. The summed E-state index contributed by atoms with van der Waals surface area (Å²) >= 11 is 0. The van der Waals surface area contributed by atoms with Crippen LogP contribution in [0.1, 0.15) is 27.2 Å². The molecule has 0 aromatic rings. The molecular formula is C15H19F9O3Si. The minimum absolute atomic E-state index is 0.176. The number of halogens is 9. The largest absolute Gasteiger partial charge is 0.698 e. The summed E-state index contributed by atoms with van der Waals surface area (Å²) in [5, 5.41) is 0. The highest BCUT2D eigenvalue weighted by atomic mass is 28.4. The third-order valence-corrected chi connectivity index (χ3v) is 5.78. The van der Waals surface area contributed by atoms with Crippen LogP contribution in [0.3, 0.4) is 0 Å². The maximum absolute atomic E-state index is 13.8. The van der Waals surface area contributed by atoms with Crippen LogP contribution in [0.5, 0.6) is 0 Å². The summed E-state index contributed by atoms with van der Waals surface area (Å²) in [6.07, 6.45) is -9.07. The summed E-state index contributed by atoms with van der Waals surface area (Å²) in [5.41, 5.74) is 0. The van der Waals surface area contributed by atoms with Crippen LogP contribution in [0.2, 0.25) is 6.04 Å². The molecule has 0 bridgehead atoms. The Labute approximate surface area is 156 Å². The number of allylic oxidation sites excluding steroid dienone is 3. The molecule has 0 saturated carbocycles. The average molecular weight is 446 g/mol. The van der Waals surface area contributed by atoms with Crippen molar-refractivity contribution in [1.82, 2.24) is 0 Å². The van der Waals surface area contributed by atoms with Gasteiger partial charge in [-0.05, 0) is 20.8 Å². The topological polar surface area (TPSA) is 27.7 Å². The molecule has 0 unspecified atom stereocenters. The Morgan fingerprint density at radius 2 is 1.00 bits per heavy atom. The first-order chi connectivity index (χ1) is 12.2. The predicted molar refractivity (Wildman–Crippen MR) is 83.8 cm³/mol. The quantitative estimate of drug-likeness (QED) is 0.208. The van der Waals surface area contributed by atoms with E-state index in [0.29, 0.717) is 0 Å². The Kier molecular flexibility index (Phi) is 7.76. The van der Waals surface area contributed by atoms with Crippen LogP contribution in [-0.4, -0.2) is 32.7 Å². The first kappa shape index (κ1) is 26.2. The molecule has 0 aromatic carbocycles. The normalized spacial score (nSPS) is 13.7. The standard InChI is InChI=1S/C15H19F9O3Si/c1-9(2)25-28(26-10(3)4,27-11(5)6)8-7-12(16,17)13(18,19)14(20,21)15(22,23)24/h1,3,5,7-8H2,2,4,6H3. The van der Waals surface area contributed by atoms with E-state index in [1.807, 2.05) is 0 Å². The van der Waals surface area contributed by atoms with E-state index in [1.54, 1.807) is 0 Å². The summed E-state index contributed by atoms with van der Waals surface area (Å²) < 4.78 is 132. The zero-order valence-electron chi connectivity index (χ0n) is 15.2. The lowest BCUT2D eigenvalue weighted by Crippen LogP contribution is -2.61. The number of hydrogen-bond donors (Lipinski definition) is 0. The molecule has 3 nitrogen and oxygen atoms in total. The van der Waals surface area contributed by atoms with Gasteiger partial charge in [-0.2, -0.15) is 39.5 Å². The first-order valence-electron chi connectivity index (χ1n) is 7.44. The molecule has 0 saturated heterocycles. The molecule has 0 amide bonds. The average Bonchev–Trinajstić information content (AvgIpc) is 2.41. The van der Waals surface area contributed by atoms with Crippen molar-refractivity contribution in [3.63, 3.8) is 0 Å². The van der Waals surface area contributed by atoms with Crippen molar-refractivity contribution < 1.29 is 52.8 Å². The second-order valence-electron chi connectivity index (χ2n) is 5.95. The lowest BCUT2D eigenvalue weighted by molar-refractivity contribution is -0.396. The SMILES string of the molecule is C=C(C)O[Si](CCC(F)(F)C(F)(F)C(F)(F)C(F)(F)F)(OC(=C)C)OC(=C)C. The van der Waals surface area contributed by atoms with E-state index in [4.69, 9.17) is 13.3 Å². The Bertz CT molecular complexity index is 574. The van der Waals surface area contributed by atoms with Gasteiger partial charge in [0.05, 0.1) is 23.3 Å². The summed E-state index contributed by atoms with van der Waals surface area (Å²) in [7, 11) is -4.42. The van der Waals surface area contributed by atoms with Gasteiger partial charge in [-0.15, -0.1) is 0 Å². The van der Waals surface area contributed by atoms with Crippen LogP contribution in [0.25, 0.3) is 0 Å². The molecule has 0 radical (unpaired) electrons. The minimum atomic E-state index is -6.98. The molecule has 0 rings (SSSR count). The molecule has 164 valence electrons. The molecular weight excluding hydrogens is 427 g/mol. The molecule has 0 aliphatic carbocycles. The van der Waals surface area contributed by atoms with Gasteiger partial charge in [0, 0.05) is 6.42 Å². The second kappa shape index (κ2) is 8.29. The molecule has 0 aromatic heterocycles. The van der Waals surface area contributed by atoms with E-state index >= 15 is 0 Å². The van der Waals surface area contributed by atoms with E-state index in [2.05, 4.69) is 19.7 Å². The van der Waals surface area contributed by atoms with Crippen molar-refractivity contribution in [2.24, 2.45) is 0 Å². The highest BCUT2D eigenvalue weighted by molar-refractivity contribution is 6.61. The first-order valence-corrected chi connectivity index (χ1v) is 9.38. The van der Waals surface area contributed by atoms with Crippen molar-refractivity contribution in [3.05, 3.63) is 37.0 Å². The Morgan fingerprint density at radius 1 is 0.679 bits per heavy atom. The Hall–Kier alpha value is -1.79. The van der Waals surface area contributed by atoms with E-state index in [0.717, 1.165) is 0 Å². The van der Waals surface area contributed by atoms with Crippen molar-refractivity contribution in [2.45, 2.75) is 57.2 Å². The summed E-state index contributed by atoms with van der Waals surface area (Å²) in [6, 6.07) is -1.27. The molecule has 0 fully saturated rings. The van der Waals surface area contributed by atoms with Crippen LogP contribution in [0.15, 0.2) is 37.0 Å². The highest BCUT2D eigenvalue weighted by Crippen LogP contribution is 2.54. The van der Waals surface area contributed by atoms with Crippen LogP contribution >= 0.6 is 0 Å². The molecule has 0 aliphatic heterocycles. The van der Waals surface area contributed by atoms with Gasteiger partial charge in [-0.25, -0.2) is 0 Å². The zero-order valence-corrected chi connectivity index (χ0v) is 16.2. The lowest BCUT2D eigenvalue weighted by atomic mass is 10.0. The van der Waals surface area contributed by atoms with Gasteiger partial charge in [-0.1, -0.05) is 19.7 Å². The molecule has 0 heterocycles. The van der Waals surface area contributed by atoms with Crippen molar-refractivity contribution in [3.8, 4) is 0 Å². The maximum Gasteiger partial charge on any atom is 0.698 e. The second-order valence-corrected chi connectivity index (χ2v) is 8.42. The maximum atomic E-state index is 13.8. The van der Waals surface area contributed by atoms with Gasteiger partial charge >= 0.3 is 32.7 Å². The van der Waals surface area contributed by atoms with Crippen LogP contribution in [0.4, 0.5) is 39.5 Å². The number of rotatable bonds is 11. The summed E-state index contributed by atoms with van der Waals surface area (Å²) in [4.78, 5) is 0. The van der Waals surface area contributed by atoms with Crippen LogP contribution < -0.4 is 0 Å². The zero-order chi connectivity index (χ0) is 22.8. The molecule has 0 N–H and O–H groups in total. The third-order valence-electron chi connectivity index (χ3n) is 2.94. The molecule has 13 heteroatoms. The van der Waals surface area contributed by atoms with E-state index in [-0.39, 0.29) is 17.3 Å². The highest BCUT2D eigenvalue weighted by Gasteiger charge is 2.81.